The van der Waals surface area contributed by atoms with E-state index in [2.05, 4.69) is 17.6 Å². The molecule has 1 aliphatic rings. The first-order chi connectivity index (χ1) is 18.7. The number of nitrogens with one attached hydrogen (secondary N) is 2. The molecule has 2 aromatic carbocycles. The summed E-state index contributed by atoms with van der Waals surface area (Å²) >= 11 is 1.46. The highest BCUT2D eigenvalue weighted by Gasteiger charge is 2.29. The molecule has 8 heteroatoms. The smallest absolute Gasteiger partial charge is 0.341 e. The van der Waals surface area contributed by atoms with E-state index < -0.39 is 12.1 Å². The molecule has 1 aliphatic carbocycles. The Kier molecular flexibility index (Phi) is 9.07. The minimum Gasteiger partial charge on any atom is -0.481 e. The van der Waals surface area contributed by atoms with Crippen LogP contribution < -0.4 is 15.4 Å². The van der Waals surface area contributed by atoms with Crippen LogP contribution in [0.5, 0.6) is 5.75 Å². The van der Waals surface area contributed by atoms with Crippen LogP contribution in [0, 0.1) is 12.8 Å². The quantitative estimate of drug-likeness (QED) is 0.295. The second kappa shape index (κ2) is 12.5. The third kappa shape index (κ3) is 6.50. The molecule has 0 aliphatic heterocycles. The van der Waals surface area contributed by atoms with Crippen molar-refractivity contribution in [2.45, 2.75) is 66.4 Å². The van der Waals surface area contributed by atoms with E-state index in [1.54, 1.807) is 38.1 Å². The summed E-state index contributed by atoms with van der Waals surface area (Å²) in [4.78, 5) is 39.8. The number of esters is 1. The highest BCUT2D eigenvalue weighted by Crippen LogP contribution is 2.40. The summed E-state index contributed by atoms with van der Waals surface area (Å²) in [7, 11) is 0. The Morgan fingerprint density at radius 3 is 2.51 bits per heavy atom. The number of anilines is 2. The van der Waals surface area contributed by atoms with Gasteiger partial charge in [-0.25, -0.2) is 4.79 Å². The topological polar surface area (TPSA) is 93.7 Å². The van der Waals surface area contributed by atoms with Gasteiger partial charge in [0.2, 0.25) is 0 Å². The standard InChI is InChI=1S/C31H36N2O5S/c1-6-21-10-8-9-19(4)27(21)32-28(34)20(5)38-23-14-12-22(13-15-23)29(35)33-30-26(31(36)37-7-2)24-16-11-18(3)17-25(24)39-30/h8-10,12-15,18,20H,6-7,11,16-17H2,1-5H3,(H,32,34)(H,33,35)/t18-,20-/m1/s1. The Bertz CT molecular complexity index is 1360. The third-order valence-corrected chi connectivity index (χ3v) is 8.17. The molecule has 0 unspecified atom stereocenters. The summed E-state index contributed by atoms with van der Waals surface area (Å²) in [5, 5.41) is 6.46. The Morgan fingerprint density at radius 2 is 1.82 bits per heavy atom. The van der Waals surface area contributed by atoms with Crippen molar-refractivity contribution in [3.05, 3.63) is 75.2 Å². The van der Waals surface area contributed by atoms with Crippen LogP contribution >= 0.6 is 11.3 Å². The van der Waals surface area contributed by atoms with E-state index in [-0.39, 0.29) is 18.4 Å². The van der Waals surface area contributed by atoms with Gasteiger partial charge in [-0.3, -0.25) is 9.59 Å². The summed E-state index contributed by atoms with van der Waals surface area (Å²) in [5.74, 6) is 0.0479. The van der Waals surface area contributed by atoms with Gasteiger partial charge in [0.1, 0.15) is 10.8 Å². The van der Waals surface area contributed by atoms with E-state index in [0.29, 0.717) is 27.8 Å². The summed E-state index contributed by atoms with van der Waals surface area (Å²) in [6.45, 7) is 9.95. The molecule has 3 aromatic rings. The number of aryl methyl sites for hydroxylation is 2. The van der Waals surface area contributed by atoms with Gasteiger partial charge < -0.3 is 20.1 Å². The molecule has 0 radical (unpaired) electrons. The molecule has 2 N–H and O–H groups in total. The summed E-state index contributed by atoms with van der Waals surface area (Å²) < 4.78 is 11.2. The fourth-order valence-electron chi connectivity index (χ4n) is 4.80. The lowest BCUT2D eigenvalue weighted by Crippen LogP contribution is -2.30. The highest BCUT2D eigenvalue weighted by atomic mass is 32.1. The van der Waals surface area contributed by atoms with Gasteiger partial charge in [-0.05, 0) is 93.3 Å². The molecule has 0 bridgehead atoms. The number of carbonyl (C=O) groups excluding carboxylic acids is 3. The predicted octanol–water partition coefficient (Wildman–Crippen LogP) is 6.58. The van der Waals surface area contributed by atoms with E-state index in [0.717, 1.165) is 52.9 Å². The second-order valence-corrected chi connectivity index (χ2v) is 11.1. The molecule has 206 valence electrons. The van der Waals surface area contributed by atoms with Crippen molar-refractivity contribution >= 4 is 39.8 Å². The largest absolute Gasteiger partial charge is 0.481 e. The van der Waals surface area contributed by atoms with Crippen molar-refractivity contribution in [2.75, 3.05) is 17.2 Å². The average molecular weight is 549 g/mol. The van der Waals surface area contributed by atoms with Crippen LogP contribution in [-0.4, -0.2) is 30.5 Å². The predicted molar refractivity (Wildman–Crippen MR) is 155 cm³/mol. The Labute approximate surface area is 233 Å². The minimum atomic E-state index is -0.735. The Hall–Kier alpha value is -3.65. The molecule has 4 rings (SSSR count). The van der Waals surface area contributed by atoms with Crippen molar-refractivity contribution in [2.24, 2.45) is 5.92 Å². The maximum Gasteiger partial charge on any atom is 0.341 e. The molecule has 0 spiro atoms. The monoisotopic (exact) mass is 548 g/mol. The maximum absolute atomic E-state index is 13.1. The zero-order valence-electron chi connectivity index (χ0n) is 23.2. The molecule has 0 fully saturated rings. The highest BCUT2D eigenvalue weighted by molar-refractivity contribution is 7.17. The normalized spacial score (nSPS) is 15.2. The molecule has 0 saturated heterocycles. The number of ether oxygens (including phenoxy) is 2. The van der Waals surface area contributed by atoms with Gasteiger partial charge in [-0.2, -0.15) is 0 Å². The number of carbonyl (C=O) groups is 3. The first-order valence-corrected chi connectivity index (χ1v) is 14.3. The summed E-state index contributed by atoms with van der Waals surface area (Å²) in [6.07, 6.45) is 2.78. The number of thiophene rings is 1. The maximum atomic E-state index is 13.1. The van der Waals surface area contributed by atoms with E-state index in [9.17, 15) is 14.4 Å². The van der Waals surface area contributed by atoms with Crippen LogP contribution in [0.2, 0.25) is 0 Å². The van der Waals surface area contributed by atoms with Crippen molar-refractivity contribution in [3.8, 4) is 5.75 Å². The van der Waals surface area contributed by atoms with Crippen LogP contribution in [0.3, 0.4) is 0 Å². The van der Waals surface area contributed by atoms with Crippen molar-refractivity contribution < 1.29 is 23.9 Å². The fourth-order valence-corrected chi connectivity index (χ4v) is 6.20. The lowest BCUT2D eigenvalue weighted by molar-refractivity contribution is -0.122. The molecular weight excluding hydrogens is 512 g/mol. The number of hydrogen-bond acceptors (Lipinski definition) is 6. The number of fused-ring (bicyclic) bond motifs is 1. The molecule has 1 aromatic heterocycles. The van der Waals surface area contributed by atoms with Gasteiger partial charge >= 0.3 is 5.97 Å². The van der Waals surface area contributed by atoms with Crippen LogP contribution in [0.4, 0.5) is 10.7 Å². The van der Waals surface area contributed by atoms with Crippen LogP contribution in [0.1, 0.15) is 76.4 Å². The third-order valence-electron chi connectivity index (χ3n) is 7.01. The van der Waals surface area contributed by atoms with Crippen LogP contribution in [-0.2, 0) is 28.8 Å². The number of para-hydroxylation sites is 1. The Morgan fingerprint density at radius 1 is 1.08 bits per heavy atom. The fraction of sp³-hybridized carbons (Fsp3) is 0.387. The van der Waals surface area contributed by atoms with Crippen molar-refractivity contribution in [1.29, 1.82) is 0 Å². The molecule has 1 heterocycles. The summed E-state index contributed by atoms with van der Waals surface area (Å²) in [6, 6.07) is 12.6. The number of benzene rings is 2. The van der Waals surface area contributed by atoms with Crippen molar-refractivity contribution in [1.82, 2.24) is 0 Å². The number of rotatable bonds is 9. The van der Waals surface area contributed by atoms with E-state index in [1.807, 2.05) is 32.0 Å². The molecule has 7 nitrogen and oxygen atoms in total. The van der Waals surface area contributed by atoms with Crippen molar-refractivity contribution in [3.63, 3.8) is 0 Å². The number of hydrogen-bond donors (Lipinski definition) is 2. The van der Waals surface area contributed by atoms with Gasteiger partial charge in [0.15, 0.2) is 6.10 Å². The lowest BCUT2D eigenvalue weighted by atomic mass is 9.88. The molecule has 0 saturated carbocycles. The van der Waals surface area contributed by atoms with Crippen LogP contribution in [0.15, 0.2) is 42.5 Å². The zero-order valence-corrected chi connectivity index (χ0v) is 24.0. The van der Waals surface area contributed by atoms with Gasteiger partial charge in [0.05, 0.1) is 12.2 Å². The van der Waals surface area contributed by atoms with E-state index >= 15 is 0 Å². The first kappa shape index (κ1) is 28.4. The zero-order chi connectivity index (χ0) is 28.1. The molecular formula is C31H36N2O5S. The molecule has 39 heavy (non-hydrogen) atoms. The van der Waals surface area contributed by atoms with E-state index in [4.69, 9.17) is 9.47 Å². The minimum absolute atomic E-state index is 0.247. The first-order valence-electron chi connectivity index (χ1n) is 13.5. The summed E-state index contributed by atoms with van der Waals surface area (Å²) in [5.41, 5.74) is 4.79. The second-order valence-electron chi connectivity index (χ2n) is 9.97. The SMILES string of the molecule is CCOC(=O)c1c(NC(=O)c2ccc(O[C@H](C)C(=O)Nc3c(C)cccc3CC)cc2)sc2c1CC[C@@H](C)C2. The molecule has 2 amide bonds. The average Bonchev–Trinajstić information content (AvgIpc) is 3.26. The lowest BCUT2D eigenvalue weighted by Gasteiger charge is -2.18. The number of amides is 2. The van der Waals surface area contributed by atoms with Gasteiger partial charge in [0.25, 0.3) is 11.8 Å². The van der Waals surface area contributed by atoms with Gasteiger partial charge in [0, 0.05) is 16.1 Å². The van der Waals surface area contributed by atoms with E-state index in [1.165, 1.54) is 11.3 Å². The van der Waals surface area contributed by atoms with Gasteiger partial charge in [-0.15, -0.1) is 11.3 Å². The van der Waals surface area contributed by atoms with Gasteiger partial charge in [-0.1, -0.05) is 32.0 Å². The van der Waals surface area contributed by atoms with Crippen LogP contribution in [0.25, 0.3) is 0 Å². The molecule has 2 atom stereocenters. The Balaban J connectivity index is 1.43.